The van der Waals surface area contributed by atoms with Gasteiger partial charge in [0.05, 0.1) is 23.4 Å². The molecule has 0 N–H and O–H groups in total. The minimum Gasteiger partial charge on any atom is -0.426 e. The van der Waals surface area contributed by atoms with Crippen molar-refractivity contribution >= 4 is 51.0 Å². The van der Waals surface area contributed by atoms with Crippen molar-refractivity contribution in [3.8, 4) is 5.75 Å². The fraction of sp³-hybridized carbons (Fsp3) is 0.379. The first-order valence-electron chi connectivity index (χ1n) is 12.8. The Balaban J connectivity index is 1.06. The fourth-order valence-electron chi connectivity index (χ4n) is 7.07. The molecule has 2 aliphatic heterocycles. The molecule has 0 aromatic heterocycles. The SMILES string of the molecule is Cc1cc(OC(=O)[C@@H]2CC(=O)N(c3ccc(Br)cc3)C2)ccc1N1C(=O)[C@@H]2[C@H]3C=C[C@@H]([C@@H]4C[C@H]34)[C@H]2C1=O. The Kier molecular flexibility index (Phi) is 5.02. The second-order valence-electron chi connectivity index (χ2n) is 10.9. The van der Waals surface area contributed by atoms with Gasteiger partial charge in [-0.25, -0.2) is 4.90 Å². The number of aryl methyl sites for hydroxylation is 1. The molecule has 2 heterocycles. The number of hydrogen-bond donors (Lipinski definition) is 0. The number of allylic oxidation sites excluding steroid dienone is 2. The van der Waals surface area contributed by atoms with Crippen LogP contribution >= 0.6 is 15.9 Å². The van der Waals surface area contributed by atoms with E-state index >= 15 is 0 Å². The predicted molar refractivity (Wildman–Crippen MR) is 139 cm³/mol. The summed E-state index contributed by atoms with van der Waals surface area (Å²) in [6, 6.07) is 12.4. The van der Waals surface area contributed by atoms with Gasteiger partial charge in [0.2, 0.25) is 17.7 Å². The van der Waals surface area contributed by atoms with Crippen LogP contribution in [-0.2, 0) is 19.2 Å². The average molecular weight is 561 g/mol. The highest BCUT2D eigenvalue weighted by Gasteiger charge is 2.67. The number of imide groups is 1. The van der Waals surface area contributed by atoms with Gasteiger partial charge >= 0.3 is 5.97 Å². The van der Waals surface area contributed by atoms with Crippen molar-refractivity contribution in [3.63, 3.8) is 0 Å². The molecule has 2 aromatic carbocycles. The van der Waals surface area contributed by atoms with E-state index in [-0.39, 0.29) is 54.4 Å². The summed E-state index contributed by atoms with van der Waals surface area (Å²) in [5.74, 6) is -0.0952. The number of anilines is 2. The van der Waals surface area contributed by atoms with Gasteiger partial charge < -0.3 is 9.64 Å². The van der Waals surface area contributed by atoms with Crippen molar-refractivity contribution in [2.24, 2.45) is 41.4 Å². The van der Waals surface area contributed by atoms with Crippen LogP contribution in [0.15, 0.2) is 59.1 Å². The van der Waals surface area contributed by atoms with E-state index in [4.69, 9.17) is 4.74 Å². The number of halogens is 1. The van der Waals surface area contributed by atoms with Crippen LogP contribution in [0.4, 0.5) is 11.4 Å². The molecule has 7 nitrogen and oxygen atoms in total. The van der Waals surface area contributed by atoms with E-state index in [0.717, 1.165) is 16.6 Å². The Hall–Kier alpha value is -3.26. The maximum Gasteiger partial charge on any atom is 0.316 e. The molecule has 0 unspecified atom stereocenters. The standard InChI is InChI=1S/C29H25BrN2O5/c1-14-10-18(37-29(36)15-11-24(33)31(13-15)17-4-2-16(30)3-5-17)6-9-23(14)32-27(34)25-19-7-8-20(22-12-21(19)22)26(25)28(32)35/h2-10,15,19-22,25-26H,11-13H2,1H3/t15-,19+,20+,21-,22+,25-,26-/m1/s1. The van der Waals surface area contributed by atoms with E-state index in [1.807, 2.05) is 31.2 Å². The van der Waals surface area contributed by atoms with Crippen molar-refractivity contribution < 1.29 is 23.9 Å². The Bertz CT molecular complexity index is 1370. The van der Waals surface area contributed by atoms with Gasteiger partial charge in [-0.1, -0.05) is 28.1 Å². The Morgan fingerprint density at radius 2 is 1.59 bits per heavy atom. The molecule has 188 valence electrons. The minimum absolute atomic E-state index is 0.0872. The normalized spacial score (nSPS) is 33.1. The van der Waals surface area contributed by atoms with Crippen LogP contribution in [0.3, 0.4) is 0 Å². The number of esters is 1. The number of ether oxygens (including phenoxy) is 1. The zero-order valence-electron chi connectivity index (χ0n) is 20.2. The van der Waals surface area contributed by atoms with Crippen molar-refractivity contribution in [2.45, 2.75) is 19.8 Å². The molecule has 8 rings (SSSR count). The lowest BCUT2D eigenvalue weighted by Crippen LogP contribution is -2.40. The van der Waals surface area contributed by atoms with Crippen LogP contribution < -0.4 is 14.5 Å². The zero-order valence-corrected chi connectivity index (χ0v) is 21.8. The Morgan fingerprint density at radius 3 is 2.22 bits per heavy atom. The number of hydrogen-bond acceptors (Lipinski definition) is 5. The van der Waals surface area contributed by atoms with Gasteiger partial charge in [-0.3, -0.25) is 19.2 Å². The van der Waals surface area contributed by atoms with E-state index in [1.54, 1.807) is 23.1 Å². The zero-order chi connectivity index (χ0) is 25.6. The van der Waals surface area contributed by atoms with Gasteiger partial charge in [-0.2, -0.15) is 0 Å². The molecule has 2 saturated heterocycles. The summed E-state index contributed by atoms with van der Waals surface area (Å²) in [5, 5.41) is 0. The van der Waals surface area contributed by atoms with E-state index in [1.165, 1.54) is 4.90 Å². The average Bonchev–Trinajstić information content (AvgIpc) is 3.56. The van der Waals surface area contributed by atoms with Crippen LogP contribution in [0.25, 0.3) is 0 Å². The Labute approximate surface area is 222 Å². The molecule has 6 aliphatic rings. The molecular weight excluding hydrogens is 536 g/mol. The highest BCUT2D eigenvalue weighted by molar-refractivity contribution is 9.10. The minimum atomic E-state index is -0.574. The number of carbonyl (C=O) groups excluding carboxylic acids is 4. The van der Waals surface area contributed by atoms with Gasteiger partial charge in [0.15, 0.2) is 0 Å². The van der Waals surface area contributed by atoms with Crippen molar-refractivity contribution in [1.82, 2.24) is 0 Å². The molecule has 7 atom stereocenters. The highest BCUT2D eigenvalue weighted by Crippen LogP contribution is 2.65. The monoisotopic (exact) mass is 560 g/mol. The van der Waals surface area contributed by atoms with E-state index in [2.05, 4.69) is 28.1 Å². The molecule has 2 bridgehead atoms. The predicted octanol–water partition coefficient (Wildman–Crippen LogP) is 4.27. The number of benzene rings is 2. The summed E-state index contributed by atoms with van der Waals surface area (Å²) in [7, 11) is 0. The van der Waals surface area contributed by atoms with Crippen molar-refractivity contribution in [2.75, 3.05) is 16.3 Å². The second-order valence-corrected chi connectivity index (χ2v) is 11.8. The lowest BCUT2D eigenvalue weighted by molar-refractivity contribution is -0.139. The summed E-state index contributed by atoms with van der Waals surface area (Å²) in [4.78, 5) is 55.3. The third-order valence-corrected chi connectivity index (χ3v) is 9.42. The lowest BCUT2D eigenvalue weighted by Gasteiger charge is -2.37. The van der Waals surface area contributed by atoms with Crippen molar-refractivity contribution in [1.29, 1.82) is 0 Å². The molecule has 2 saturated carbocycles. The molecule has 4 aliphatic carbocycles. The first-order chi connectivity index (χ1) is 17.8. The smallest absolute Gasteiger partial charge is 0.316 e. The molecule has 0 spiro atoms. The summed E-state index contributed by atoms with van der Waals surface area (Å²) >= 11 is 3.39. The topological polar surface area (TPSA) is 84.0 Å². The number of carbonyl (C=O) groups is 4. The van der Waals surface area contributed by atoms with Crippen LogP contribution in [0, 0.1) is 48.3 Å². The third kappa shape index (κ3) is 3.45. The fourth-order valence-corrected chi connectivity index (χ4v) is 7.34. The summed E-state index contributed by atoms with van der Waals surface area (Å²) in [5.41, 5.74) is 1.98. The van der Waals surface area contributed by atoms with Gasteiger partial charge in [-0.15, -0.1) is 0 Å². The molecule has 4 fully saturated rings. The van der Waals surface area contributed by atoms with Gasteiger partial charge in [0.1, 0.15) is 5.75 Å². The third-order valence-electron chi connectivity index (χ3n) is 8.89. The van der Waals surface area contributed by atoms with Crippen LogP contribution in [0.5, 0.6) is 5.75 Å². The van der Waals surface area contributed by atoms with E-state index in [0.29, 0.717) is 28.8 Å². The number of rotatable bonds is 4. The summed E-state index contributed by atoms with van der Waals surface area (Å²) < 4.78 is 6.55. The lowest BCUT2D eigenvalue weighted by atomic mass is 9.63. The first-order valence-corrected chi connectivity index (χ1v) is 13.6. The van der Waals surface area contributed by atoms with Gasteiger partial charge in [0, 0.05) is 23.1 Å². The van der Waals surface area contributed by atoms with Crippen LogP contribution in [-0.4, -0.2) is 30.2 Å². The second kappa shape index (κ2) is 8.12. The molecule has 2 aromatic rings. The van der Waals surface area contributed by atoms with E-state index in [9.17, 15) is 19.2 Å². The first kappa shape index (κ1) is 22.9. The molecular formula is C29H25BrN2O5. The number of amides is 3. The van der Waals surface area contributed by atoms with Crippen LogP contribution in [0.1, 0.15) is 18.4 Å². The van der Waals surface area contributed by atoms with Crippen molar-refractivity contribution in [3.05, 3.63) is 64.7 Å². The Morgan fingerprint density at radius 1 is 0.946 bits per heavy atom. The maximum atomic E-state index is 13.4. The summed E-state index contributed by atoms with van der Waals surface area (Å²) in [6.07, 6.45) is 5.54. The van der Waals surface area contributed by atoms with E-state index < -0.39 is 11.9 Å². The number of nitrogens with zero attached hydrogens (tertiary/aromatic N) is 2. The highest BCUT2D eigenvalue weighted by atomic mass is 79.9. The molecule has 8 heteroatoms. The maximum absolute atomic E-state index is 13.4. The molecule has 37 heavy (non-hydrogen) atoms. The molecule has 3 amide bonds. The van der Waals surface area contributed by atoms with Gasteiger partial charge in [-0.05, 0) is 85.0 Å². The summed E-state index contributed by atoms with van der Waals surface area (Å²) in [6.45, 7) is 2.07. The van der Waals surface area contributed by atoms with Crippen LogP contribution in [0.2, 0.25) is 0 Å². The van der Waals surface area contributed by atoms with Gasteiger partial charge in [0.25, 0.3) is 0 Å². The largest absolute Gasteiger partial charge is 0.426 e. The quantitative estimate of drug-likeness (QED) is 0.241. The molecule has 0 radical (unpaired) electrons.